The van der Waals surface area contributed by atoms with Crippen LogP contribution in [0.25, 0.3) is 0 Å². The first kappa shape index (κ1) is 14.9. The molecule has 1 aromatic heterocycles. The Morgan fingerprint density at radius 3 is 2.68 bits per heavy atom. The van der Waals surface area contributed by atoms with Crippen LogP contribution in [0, 0.1) is 18.8 Å². The fraction of sp³-hybridized carbons (Fsp3) is 0.800. The van der Waals surface area contributed by atoms with Crippen molar-refractivity contribution in [3.63, 3.8) is 0 Å². The molecule has 3 nitrogen and oxygen atoms in total. The molecule has 3 unspecified atom stereocenters. The molecule has 1 aromatic rings. The molecule has 1 heterocycles. The maximum atomic E-state index is 6.39. The lowest BCUT2D eigenvalue weighted by Gasteiger charge is -2.36. The van der Waals surface area contributed by atoms with Crippen LogP contribution in [0.2, 0.25) is 5.02 Å². The molecule has 19 heavy (non-hydrogen) atoms. The van der Waals surface area contributed by atoms with E-state index in [9.17, 15) is 0 Å². The monoisotopic (exact) mass is 283 g/mol. The van der Waals surface area contributed by atoms with Gasteiger partial charge in [-0.2, -0.15) is 5.10 Å². The normalized spacial score (nSPS) is 27.7. The second-order valence-electron chi connectivity index (χ2n) is 5.92. The molecule has 1 N–H and O–H groups in total. The Morgan fingerprint density at radius 2 is 2.16 bits per heavy atom. The standard InChI is InChI=1S/C15H26ClN3/c1-5-11-6-7-13(17-3)12(8-11)9-14-15(16)10(2)18-19(14)4/h11-13,17H,5-9H2,1-4H3. The van der Waals surface area contributed by atoms with Crippen LogP contribution in [0.5, 0.6) is 0 Å². The van der Waals surface area contributed by atoms with Gasteiger partial charge in [0.2, 0.25) is 0 Å². The van der Waals surface area contributed by atoms with E-state index >= 15 is 0 Å². The summed E-state index contributed by atoms with van der Waals surface area (Å²) in [5, 5.41) is 8.78. The minimum Gasteiger partial charge on any atom is -0.317 e. The molecule has 0 saturated heterocycles. The first-order valence-electron chi connectivity index (χ1n) is 7.42. The molecule has 1 aliphatic carbocycles. The fourth-order valence-electron chi connectivity index (χ4n) is 3.49. The topological polar surface area (TPSA) is 29.9 Å². The number of hydrogen-bond acceptors (Lipinski definition) is 2. The molecular weight excluding hydrogens is 258 g/mol. The zero-order valence-electron chi connectivity index (χ0n) is 12.5. The van der Waals surface area contributed by atoms with Gasteiger partial charge in [0, 0.05) is 13.1 Å². The Morgan fingerprint density at radius 1 is 1.42 bits per heavy atom. The van der Waals surface area contributed by atoms with E-state index in [4.69, 9.17) is 11.6 Å². The summed E-state index contributed by atoms with van der Waals surface area (Å²) in [7, 11) is 4.09. The third-order valence-corrected chi connectivity index (χ3v) is 5.25. The summed E-state index contributed by atoms with van der Waals surface area (Å²) >= 11 is 6.39. The quantitative estimate of drug-likeness (QED) is 0.918. The van der Waals surface area contributed by atoms with Gasteiger partial charge in [0.1, 0.15) is 0 Å². The van der Waals surface area contributed by atoms with Crippen molar-refractivity contribution in [2.75, 3.05) is 7.05 Å². The van der Waals surface area contributed by atoms with Crippen molar-refractivity contribution in [3.05, 3.63) is 16.4 Å². The molecule has 0 radical (unpaired) electrons. The molecule has 108 valence electrons. The Bertz CT molecular complexity index is 427. The van der Waals surface area contributed by atoms with Crippen molar-refractivity contribution in [2.24, 2.45) is 18.9 Å². The maximum Gasteiger partial charge on any atom is 0.0847 e. The van der Waals surface area contributed by atoms with Crippen LogP contribution >= 0.6 is 11.6 Å². The van der Waals surface area contributed by atoms with Crippen molar-refractivity contribution >= 4 is 11.6 Å². The van der Waals surface area contributed by atoms with Gasteiger partial charge >= 0.3 is 0 Å². The van der Waals surface area contributed by atoms with Crippen LogP contribution in [0.4, 0.5) is 0 Å². The van der Waals surface area contributed by atoms with Crippen LogP contribution in [-0.2, 0) is 13.5 Å². The Labute approximate surface area is 121 Å². The van der Waals surface area contributed by atoms with E-state index in [1.54, 1.807) is 0 Å². The van der Waals surface area contributed by atoms with E-state index < -0.39 is 0 Å². The van der Waals surface area contributed by atoms with Crippen molar-refractivity contribution in [2.45, 2.75) is 52.0 Å². The van der Waals surface area contributed by atoms with Gasteiger partial charge in [0.05, 0.1) is 16.4 Å². The molecule has 0 bridgehead atoms. The summed E-state index contributed by atoms with van der Waals surface area (Å²) < 4.78 is 1.96. The van der Waals surface area contributed by atoms with Crippen LogP contribution in [-0.4, -0.2) is 22.9 Å². The number of aromatic nitrogens is 2. The molecular formula is C15H26ClN3. The van der Waals surface area contributed by atoms with Crippen LogP contribution in [0.3, 0.4) is 0 Å². The SMILES string of the molecule is CCC1CCC(NC)C(Cc2c(Cl)c(C)nn2C)C1. The van der Waals surface area contributed by atoms with Gasteiger partial charge in [-0.05, 0) is 51.5 Å². The van der Waals surface area contributed by atoms with Crippen molar-refractivity contribution in [1.82, 2.24) is 15.1 Å². The molecule has 1 fully saturated rings. The minimum absolute atomic E-state index is 0.620. The average Bonchev–Trinajstić information content (AvgIpc) is 2.65. The summed E-state index contributed by atoms with van der Waals surface area (Å²) in [5.41, 5.74) is 2.14. The van der Waals surface area contributed by atoms with Crippen molar-refractivity contribution < 1.29 is 0 Å². The molecule has 1 aliphatic rings. The molecule has 2 rings (SSSR count). The van der Waals surface area contributed by atoms with Gasteiger partial charge in [-0.25, -0.2) is 0 Å². The lowest BCUT2D eigenvalue weighted by molar-refractivity contribution is 0.203. The van der Waals surface area contributed by atoms with E-state index in [1.165, 1.54) is 31.4 Å². The van der Waals surface area contributed by atoms with Crippen molar-refractivity contribution in [1.29, 1.82) is 0 Å². The number of aryl methyl sites for hydroxylation is 2. The number of halogens is 1. The molecule has 4 heteroatoms. The highest BCUT2D eigenvalue weighted by atomic mass is 35.5. The predicted octanol–water partition coefficient (Wildman–Crippen LogP) is 3.34. The van der Waals surface area contributed by atoms with Gasteiger partial charge in [0.25, 0.3) is 0 Å². The second kappa shape index (κ2) is 6.27. The summed E-state index contributed by atoms with van der Waals surface area (Å²) in [4.78, 5) is 0. The molecule has 1 saturated carbocycles. The number of hydrogen-bond donors (Lipinski definition) is 1. The first-order valence-corrected chi connectivity index (χ1v) is 7.79. The minimum atomic E-state index is 0.620. The fourth-order valence-corrected chi connectivity index (χ4v) is 3.73. The molecule has 3 atom stereocenters. The summed E-state index contributed by atoms with van der Waals surface area (Å²) in [6.07, 6.45) is 6.29. The summed E-state index contributed by atoms with van der Waals surface area (Å²) in [5.74, 6) is 1.55. The Kier molecular flexibility index (Phi) is 4.91. The van der Waals surface area contributed by atoms with Crippen LogP contribution in [0.15, 0.2) is 0 Å². The average molecular weight is 284 g/mol. The molecule has 0 spiro atoms. The second-order valence-corrected chi connectivity index (χ2v) is 6.29. The third kappa shape index (κ3) is 3.14. The summed E-state index contributed by atoms with van der Waals surface area (Å²) in [6.45, 7) is 4.29. The highest BCUT2D eigenvalue weighted by Gasteiger charge is 2.30. The first-order chi connectivity index (χ1) is 9.06. The van der Waals surface area contributed by atoms with E-state index in [0.717, 1.165) is 23.1 Å². The number of nitrogens with zero attached hydrogens (tertiary/aromatic N) is 2. The predicted molar refractivity (Wildman–Crippen MR) is 80.6 cm³/mol. The van der Waals surface area contributed by atoms with Crippen LogP contribution < -0.4 is 5.32 Å². The zero-order valence-corrected chi connectivity index (χ0v) is 13.3. The maximum absolute atomic E-state index is 6.39. The van der Waals surface area contributed by atoms with Gasteiger partial charge < -0.3 is 5.32 Å². The molecule has 0 amide bonds. The highest BCUT2D eigenvalue weighted by molar-refractivity contribution is 6.31. The van der Waals surface area contributed by atoms with E-state index in [-0.39, 0.29) is 0 Å². The third-order valence-electron chi connectivity index (χ3n) is 4.76. The van der Waals surface area contributed by atoms with Crippen molar-refractivity contribution in [3.8, 4) is 0 Å². The molecule has 0 aromatic carbocycles. The van der Waals surface area contributed by atoms with Gasteiger partial charge in [0.15, 0.2) is 0 Å². The summed E-state index contributed by atoms with van der Waals surface area (Å²) in [6, 6.07) is 0.620. The Balaban J connectivity index is 2.14. The van der Waals surface area contributed by atoms with E-state index in [2.05, 4.69) is 24.4 Å². The lowest BCUT2D eigenvalue weighted by Crippen LogP contribution is -2.40. The van der Waals surface area contributed by atoms with Crippen LogP contribution in [0.1, 0.15) is 44.0 Å². The van der Waals surface area contributed by atoms with E-state index in [1.807, 2.05) is 18.7 Å². The zero-order chi connectivity index (χ0) is 14.0. The largest absolute Gasteiger partial charge is 0.317 e. The van der Waals surface area contributed by atoms with Gasteiger partial charge in [-0.3, -0.25) is 4.68 Å². The van der Waals surface area contributed by atoms with E-state index in [0.29, 0.717) is 12.0 Å². The Hall–Kier alpha value is -0.540. The van der Waals surface area contributed by atoms with Gasteiger partial charge in [-0.1, -0.05) is 24.9 Å². The van der Waals surface area contributed by atoms with Gasteiger partial charge in [-0.15, -0.1) is 0 Å². The number of nitrogens with one attached hydrogen (secondary N) is 1. The lowest BCUT2D eigenvalue weighted by atomic mass is 9.75. The number of rotatable bonds is 4. The smallest absolute Gasteiger partial charge is 0.0847 e. The molecule has 0 aliphatic heterocycles. The highest BCUT2D eigenvalue weighted by Crippen LogP contribution is 2.34.